The number of hydrogen-bond donors (Lipinski definition) is 2. The lowest BCUT2D eigenvalue weighted by Crippen LogP contribution is -1.92. The summed E-state index contributed by atoms with van der Waals surface area (Å²) in [6, 6.07) is 8.70. The SMILES string of the molecule is Cc1noc(-c2ccc(O)c(C)c2O)c1-c1ccc2c(c1)OCO2. The Morgan fingerprint density at radius 2 is 1.79 bits per heavy atom. The van der Waals surface area contributed by atoms with Crippen LogP contribution >= 0.6 is 0 Å². The molecule has 0 saturated carbocycles. The third-order valence-electron chi connectivity index (χ3n) is 4.17. The Labute approximate surface area is 137 Å². The van der Waals surface area contributed by atoms with Gasteiger partial charge in [0.2, 0.25) is 6.79 Å². The fourth-order valence-corrected chi connectivity index (χ4v) is 2.82. The van der Waals surface area contributed by atoms with Crippen molar-refractivity contribution < 1.29 is 24.2 Å². The third kappa shape index (κ3) is 2.07. The molecule has 0 aliphatic carbocycles. The first-order valence-corrected chi connectivity index (χ1v) is 7.44. The molecule has 0 amide bonds. The van der Waals surface area contributed by atoms with Gasteiger partial charge in [0, 0.05) is 5.56 Å². The van der Waals surface area contributed by atoms with E-state index in [-0.39, 0.29) is 18.3 Å². The van der Waals surface area contributed by atoms with Crippen molar-refractivity contribution in [3.8, 4) is 45.4 Å². The predicted octanol–water partition coefficient (Wildman–Crippen LogP) is 3.77. The van der Waals surface area contributed by atoms with Gasteiger partial charge in [0.05, 0.1) is 16.8 Å². The lowest BCUT2D eigenvalue weighted by Gasteiger charge is -2.09. The number of fused-ring (bicyclic) bond motifs is 1. The third-order valence-corrected chi connectivity index (χ3v) is 4.17. The van der Waals surface area contributed by atoms with Gasteiger partial charge in [0.25, 0.3) is 0 Å². The minimum atomic E-state index is -0.0341. The molecule has 2 heterocycles. The summed E-state index contributed by atoms with van der Waals surface area (Å²) in [6.07, 6.45) is 0. The van der Waals surface area contributed by atoms with Gasteiger partial charge in [-0.1, -0.05) is 11.2 Å². The average molecular weight is 325 g/mol. The second-order valence-corrected chi connectivity index (χ2v) is 5.65. The van der Waals surface area contributed by atoms with E-state index in [0.717, 1.165) is 11.1 Å². The Bertz CT molecular complexity index is 945. The molecule has 122 valence electrons. The van der Waals surface area contributed by atoms with Crippen molar-refractivity contribution in [2.24, 2.45) is 0 Å². The van der Waals surface area contributed by atoms with Gasteiger partial charge in [-0.15, -0.1) is 0 Å². The van der Waals surface area contributed by atoms with Gasteiger partial charge in [0.15, 0.2) is 17.3 Å². The van der Waals surface area contributed by atoms with E-state index < -0.39 is 0 Å². The maximum atomic E-state index is 10.4. The van der Waals surface area contributed by atoms with Crippen LogP contribution in [0.1, 0.15) is 11.3 Å². The number of hydrogen-bond acceptors (Lipinski definition) is 6. The molecule has 3 aromatic rings. The molecule has 1 aromatic heterocycles. The van der Waals surface area contributed by atoms with Crippen LogP contribution in [0.2, 0.25) is 0 Å². The summed E-state index contributed by atoms with van der Waals surface area (Å²) in [4.78, 5) is 0. The van der Waals surface area contributed by atoms with E-state index in [1.54, 1.807) is 13.0 Å². The fourth-order valence-electron chi connectivity index (χ4n) is 2.82. The normalized spacial score (nSPS) is 12.6. The minimum Gasteiger partial charge on any atom is -0.508 e. The highest BCUT2D eigenvalue weighted by atomic mass is 16.7. The van der Waals surface area contributed by atoms with Crippen LogP contribution in [0.3, 0.4) is 0 Å². The van der Waals surface area contributed by atoms with Crippen molar-refractivity contribution in [1.82, 2.24) is 5.16 Å². The summed E-state index contributed by atoms with van der Waals surface area (Å²) >= 11 is 0. The van der Waals surface area contributed by atoms with Crippen molar-refractivity contribution in [3.63, 3.8) is 0 Å². The van der Waals surface area contributed by atoms with Crippen LogP contribution in [-0.2, 0) is 0 Å². The number of aryl methyl sites for hydroxylation is 1. The summed E-state index contributed by atoms with van der Waals surface area (Å²) in [5.74, 6) is 1.78. The highest BCUT2D eigenvalue weighted by molar-refractivity contribution is 5.85. The molecule has 2 N–H and O–H groups in total. The number of phenolic OH excluding ortho intramolecular Hbond substituents is 2. The van der Waals surface area contributed by atoms with E-state index in [2.05, 4.69) is 5.16 Å². The van der Waals surface area contributed by atoms with Crippen LogP contribution in [0, 0.1) is 13.8 Å². The molecule has 6 nitrogen and oxygen atoms in total. The molecule has 0 saturated heterocycles. The molecule has 4 rings (SSSR count). The molecule has 0 bridgehead atoms. The molecule has 24 heavy (non-hydrogen) atoms. The van der Waals surface area contributed by atoms with Gasteiger partial charge in [-0.3, -0.25) is 0 Å². The number of ether oxygens (including phenoxy) is 2. The van der Waals surface area contributed by atoms with Gasteiger partial charge >= 0.3 is 0 Å². The Kier molecular flexibility index (Phi) is 3.13. The fraction of sp³-hybridized carbons (Fsp3) is 0.167. The van der Waals surface area contributed by atoms with E-state index in [4.69, 9.17) is 14.0 Å². The monoisotopic (exact) mass is 325 g/mol. The van der Waals surface area contributed by atoms with Crippen LogP contribution in [0.25, 0.3) is 22.5 Å². The summed E-state index contributed by atoms with van der Waals surface area (Å²) in [7, 11) is 0. The summed E-state index contributed by atoms with van der Waals surface area (Å²) in [6.45, 7) is 3.67. The van der Waals surface area contributed by atoms with Gasteiger partial charge in [0.1, 0.15) is 11.5 Å². The van der Waals surface area contributed by atoms with Crippen molar-refractivity contribution in [2.45, 2.75) is 13.8 Å². The van der Waals surface area contributed by atoms with Crippen LogP contribution < -0.4 is 9.47 Å². The Morgan fingerprint density at radius 1 is 1.00 bits per heavy atom. The Hall–Kier alpha value is -3.15. The number of benzene rings is 2. The van der Waals surface area contributed by atoms with Crippen LogP contribution in [-0.4, -0.2) is 22.2 Å². The standard InChI is InChI=1S/C18H15NO5/c1-9-13(20)5-4-12(17(9)21)18-16(10(2)19-24-18)11-3-6-14-15(7-11)23-8-22-14/h3-7,20-21H,8H2,1-2H3. The molecule has 2 aromatic carbocycles. The maximum Gasteiger partial charge on any atom is 0.231 e. The zero-order valence-electron chi connectivity index (χ0n) is 13.2. The summed E-state index contributed by atoms with van der Waals surface area (Å²) in [5.41, 5.74) is 3.15. The van der Waals surface area contributed by atoms with Crippen molar-refractivity contribution in [3.05, 3.63) is 41.6 Å². The Balaban J connectivity index is 1.90. The van der Waals surface area contributed by atoms with E-state index in [1.807, 2.05) is 25.1 Å². The molecular weight excluding hydrogens is 310 g/mol. The number of aromatic hydroxyl groups is 2. The van der Waals surface area contributed by atoms with E-state index in [0.29, 0.717) is 34.1 Å². The smallest absolute Gasteiger partial charge is 0.231 e. The molecule has 0 unspecified atom stereocenters. The lowest BCUT2D eigenvalue weighted by atomic mass is 9.97. The second kappa shape index (κ2) is 5.19. The highest BCUT2D eigenvalue weighted by Crippen LogP contribution is 2.44. The highest BCUT2D eigenvalue weighted by Gasteiger charge is 2.23. The largest absolute Gasteiger partial charge is 0.508 e. The molecule has 0 atom stereocenters. The summed E-state index contributed by atoms with van der Waals surface area (Å²) < 4.78 is 16.2. The number of phenols is 2. The van der Waals surface area contributed by atoms with E-state index in [9.17, 15) is 10.2 Å². The maximum absolute atomic E-state index is 10.4. The van der Waals surface area contributed by atoms with E-state index >= 15 is 0 Å². The molecular formula is C18H15NO5. The first kappa shape index (κ1) is 14.4. The second-order valence-electron chi connectivity index (χ2n) is 5.65. The van der Waals surface area contributed by atoms with Gasteiger partial charge in [-0.05, 0) is 43.7 Å². The van der Waals surface area contributed by atoms with Gasteiger partial charge in [-0.25, -0.2) is 0 Å². The zero-order valence-corrected chi connectivity index (χ0v) is 13.2. The molecule has 0 fully saturated rings. The average Bonchev–Trinajstić information content (AvgIpc) is 3.18. The van der Waals surface area contributed by atoms with E-state index in [1.165, 1.54) is 6.07 Å². The number of rotatable bonds is 2. The predicted molar refractivity (Wildman–Crippen MR) is 86.3 cm³/mol. The number of nitrogens with zero attached hydrogens (tertiary/aromatic N) is 1. The lowest BCUT2D eigenvalue weighted by molar-refractivity contribution is 0.174. The van der Waals surface area contributed by atoms with Gasteiger partial charge < -0.3 is 24.2 Å². The number of aromatic nitrogens is 1. The van der Waals surface area contributed by atoms with Crippen molar-refractivity contribution in [1.29, 1.82) is 0 Å². The topological polar surface area (TPSA) is 85.0 Å². The zero-order chi connectivity index (χ0) is 16.8. The molecule has 6 heteroatoms. The molecule has 1 aliphatic rings. The quantitative estimate of drug-likeness (QED) is 0.746. The summed E-state index contributed by atoms with van der Waals surface area (Å²) in [5, 5.41) is 24.1. The minimum absolute atomic E-state index is 0.0251. The Morgan fingerprint density at radius 3 is 2.62 bits per heavy atom. The van der Waals surface area contributed by atoms with Gasteiger partial charge in [-0.2, -0.15) is 0 Å². The van der Waals surface area contributed by atoms with Crippen LogP contribution in [0.15, 0.2) is 34.9 Å². The molecule has 0 spiro atoms. The first-order chi connectivity index (χ1) is 11.6. The van der Waals surface area contributed by atoms with Crippen LogP contribution in [0.4, 0.5) is 0 Å². The van der Waals surface area contributed by atoms with Crippen molar-refractivity contribution >= 4 is 0 Å². The first-order valence-electron chi connectivity index (χ1n) is 7.44. The molecule has 1 aliphatic heterocycles. The van der Waals surface area contributed by atoms with Crippen molar-refractivity contribution in [2.75, 3.05) is 6.79 Å². The molecule has 0 radical (unpaired) electrons. The van der Waals surface area contributed by atoms with Crippen LogP contribution in [0.5, 0.6) is 23.0 Å².